The second-order valence-corrected chi connectivity index (χ2v) is 4.84. The van der Waals surface area contributed by atoms with Crippen LogP contribution >= 0.6 is 0 Å². The number of hydrogen-bond donors (Lipinski definition) is 1. The Labute approximate surface area is 90.0 Å². The molecule has 2 rings (SSSR count). The molecule has 1 N–H and O–H groups in total. The minimum absolute atomic E-state index is 0.0539. The Morgan fingerprint density at radius 1 is 1.40 bits per heavy atom. The number of amides is 2. The van der Waals surface area contributed by atoms with E-state index in [1.807, 2.05) is 0 Å². The van der Waals surface area contributed by atoms with Gasteiger partial charge in [0.15, 0.2) is 0 Å². The van der Waals surface area contributed by atoms with Gasteiger partial charge in [0.2, 0.25) is 11.8 Å². The molecule has 2 aliphatic rings. The summed E-state index contributed by atoms with van der Waals surface area (Å²) in [5.74, 6) is 0.176. The number of rotatable bonds is 1. The Kier molecular flexibility index (Phi) is 2.78. The summed E-state index contributed by atoms with van der Waals surface area (Å²) in [5.41, 5.74) is 0. The zero-order chi connectivity index (χ0) is 11.0. The average molecular weight is 210 g/mol. The number of carbonyl (C=O) groups is 2. The van der Waals surface area contributed by atoms with Gasteiger partial charge in [-0.1, -0.05) is 0 Å². The Morgan fingerprint density at radius 3 is 2.67 bits per heavy atom. The normalized spacial score (nSPS) is 38.1. The molecular formula is C11H18N2O2. The fourth-order valence-electron chi connectivity index (χ4n) is 2.65. The highest BCUT2D eigenvalue weighted by Crippen LogP contribution is 2.32. The van der Waals surface area contributed by atoms with Crippen LogP contribution in [0.1, 0.15) is 26.2 Å². The molecule has 15 heavy (non-hydrogen) atoms. The largest absolute Gasteiger partial charge is 0.304 e. The van der Waals surface area contributed by atoms with Crippen LogP contribution in [0.15, 0.2) is 0 Å². The molecule has 0 aromatic heterocycles. The van der Waals surface area contributed by atoms with E-state index in [-0.39, 0.29) is 17.7 Å². The minimum atomic E-state index is -0.100. The van der Waals surface area contributed by atoms with Gasteiger partial charge >= 0.3 is 0 Å². The monoisotopic (exact) mass is 210 g/mol. The molecule has 3 atom stereocenters. The third kappa shape index (κ3) is 2.04. The van der Waals surface area contributed by atoms with Crippen molar-refractivity contribution in [3.63, 3.8) is 0 Å². The van der Waals surface area contributed by atoms with Crippen molar-refractivity contribution in [3.05, 3.63) is 0 Å². The fraction of sp³-hybridized carbons (Fsp3) is 0.818. The molecule has 4 heteroatoms. The predicted molar refractivity (Wildman–Crippen MR) is 56.1 cm³/mol. The van der Waals surface area contributed by atoms with Crippen molar-refractivity contribution in [2.45, 2.75) is 32.2 Å². The summed E-state index contributed by atoms with van der Waals surface area (Å²) >= 11 is 0. The van der Waals surface area contributed by atoms with Gasteiger partial charge in [0.05, 0.1) is 5.92 Å². The standard InChI is InChI=1S/C11H18N2O2/c1-7-5-8(3-4-13(7)2)9-6-10(14)12-11(9)15/h7-9H,3-6H2,1-2H3,(H,12,14,15). The molecule has 0 bridgehead atoms. The van der Waals surface area contributed by atoms with Crippen molar-refractivity contribution in [1.82, 2.24) is 10.2 Å². The molecule has 0 saturated carbocycles. The van der Waals surface area contributed by atoms with Crippen LogP contribution in [0.4, 0.5) is 0 Å². The van der Waals surface area contributed by atoms with Crippen LogP contribution < -0.4 is 5.32 Å². The third-order valence-electron chi connectivity index (χ3n) is 3.82. The first-order valence-corrected chi connectivity index (χ1v) is 5.62. The molecule has 2 saturated heterocycles. The molecule has 2 heterocycles. The number of nitrogens with zero attached hydrogens (tertiary/aromatic N) is 1. The summed E-state index contributed by atoms with van der Waals surface area (Å²) < 4.78 is 0. The van der Waals surface area contributed by atoms with E-state index in [0.717, 1.165) is 19.4 Å². The molecule has 2 fully saturated rings. The van der Waals surface area contributed by atoms with Crippen LogP contribution in [0.5, 0.6) is 0 Å². The topological polar surface area (TPSA) is 49.4 Å². The van der Waals surface area contributed by atoms with E-state index in [1.54, 1.807) is 0 Å². The second kappa shape index (κ2) is 3.93. The van der Waals surface area contributed by atoms with Crippen molar-refractivity contribution in [1.29, 1.82) is 0 Å². The Balaban J connectivity index is 2.00. The fourth-order valence-corrected chi connectivity index (χ4v) is 2.65. The first kappa shape index (κ1) is 10.6. The van der Waals surface area contributed by atoms with E-state index in [0.29, 0.717) is 18.4 Å². The van der Waals surface area contributed by atoms with Gasteiger partial charge in [0, 0.05) is 12.5 Å². The summed E-state index contributed by atoms with van der Waals surface area (Å²) in [7, 11) is 2.11. The minimum Gasteiger partial charge on any atom is -0.304 e. The van der Waals surface area contributed by atoms with Gasteiger partial charge < -0.3 is 4.90 Å². The maximum absolute atomic E-state index is 11.5. The molecule has 0 spiro atoms. The van der Waals surface area contributed by atoms with Gasteiger partial charge in [-0.05, 0) is 39.3 Å². The van der Waals surface area contributed by atoms with Crippen molar-refractivity contribution in [2.75, 3.05) is 13.6 Å². The number of likely N-dealkylation sites (tertiary alicyclic amines) is 1. The predicted octanol–water partition coefficient (Wildman–Crippen LogP) is 0.379. The van der Waals surface area contributed by atoms with Crippen molar-refractivity contribution < 1.29 is 9.59 Å². The van der Waals surface area contributed by atoms with Gasteiger partial charge in [-0.2, -0.15) is 0 Å². The van der Waals surface area contributed by atoms with Gasteiger partial charge in [-0.15, -0.1) is 0 Å². The van der Waals surface area contributed by atoms with Gasteiger partial charge in [0.25, 0.3) is 0 Å². The molecule has 4 nitrogen and oxygen atoms in total. The zero-order valence-electron chi connectivity index (χ0n) is 9.32. The lowest BCUT2D eigenvalue weighted by atomic mass is 9.81. The zero-order valence-corrected chi connectivity index (χ0v) is 9.32. The molecule has 3 unspecified atom stereocenters. The van der Waals surface area contributed by atoms with Crippen LogP contribution in [0.3, 0.4) is 0 Å². The van der Waals surface area contributed by atoms with E-state index >= 15 is 0 Å². The molecule has 84 valence electrons. The Hall–Kier alpha value is -0.900. The lowest BCUT2D eigenvalue weighted by molar-refractivity contribution is -0.126. The lowest BCUT2D eigenvalue weighted by Gasteiger charge is -2.36. The summed E-state index contributed by atoms with van der Waals surface area (Å²) in [6.07, 6.45) is 2.47. The highest BCUT2D eigenvalue weighted by molar-refractivity contribution is 6.03. The SMILES string of the molecule is CC1CC(C2CC(=O)NC2=O)CCN1C. The third-order valence-corrected chi connectivity index (χ3v) is 3.82. The van der Waals surface area contributed by atoms with Gasteiger partial charge in [-0.3, -0.25) is 14.9 Å². The smallest absolute Gasteiger partial charge is 0.230 e. The Morgan fingerprint density at radius 2 is 2.13 bits per heavy atom. The van der Waals surface area contributed by atoms with Crippen LogP contribution in [-0.2, 0) is 9.59 Å². The van der Waals surface area contributed by atoms with E-state index in [9.17, 15) is 9.59 Å². The maximum Gasteiger partial charge on any atom is 0.230 e. The first-order valence-electron chi connectivity index (χ1n) is 5.62. The van der Waals surface area contributed by atoms with E-state index in [1.165, 1.54) is 0 Å². The Bertz CT molecular complexity index is 290. The second-order valence-electron chi connectivity index (χ2n) is 4.84. The van der Waals surface area contributed by atoms with Crippen LogP contribution in [0, 0.1) is 11.8 Å². The summed E-state index contributed by atoms with van der Waals surface area (Å²) in [4.78, 5) is 24.9. The number of imide groups is 1. The number of hydrogen-bond acceptors (Lipinski definition) is 3. The van der Waals surface area contributed by atoms with E-state index < -0.39 is 0 Å². The van der Waals surface area contributed by atoms with Crippen molar-refractivity contribution in [3.8, 4) is 0 Å². The molecule has 2 aliphatic heterocycles. The lowest BCUT2D eigenvalue weighted by Crippen LogP contribution is -2.41. The summed E-state index contributed by atoms with van der Waals surface area (Å²) in [6.45, 7) is 3.21. The van der Waals surface area contributed by atoms with Crippen molar-refractivity contribution >= 4 is 11.8 Å². The van der Waals surface area contributed by atoms with Gasteiger partial charge in [-0.25, -0.2) is 0 Å². The van der Waals surface area contributed by atoms with Crippen LogP contribution in [-0.4, -0.2) is 36.3 Å². The quantitative estimate of drug-likeness (QED) is 0.636. The molecule has 0 radical (unpaired) electrons. The van der Waals surface area contributed by atoms with Crippen LogP contribution in [0.25, 0.3) is 0 Å². The molecule has 0 aromatic rings. The number of carbonyl (C=O) groups excluding carboxylic acids is 2. The molecule has 0 aliphatic carbocycles. The maximum atomic E-state index is 11.5. The van der Waals surface area contributed by atoms with Crippen LogP contribution in [0.2, 0.25) is 0 Å². The number of piperidine rings is 1. The highest BCUT2D eigenvalue weighted by atomic mass is 16.2. The summed E-state index contributed by atoms with van der Waals surface area (Å²) in [6, 6.07) is 0.521. The average Bonchev–Trinajstić information content (AvgIpc) is 2.50. The summed E-state index contributed by atoms with van der Waals surface area (Å²) in [5, 5.41) is 2.40. The van der Waals surface area contributed by atoms with E-state index in [4.69, 9.17) is 0 Å². The highest BCUT2D eigenvalue weighted by Gasteiger charge is 2.39. The van der Waals surface area contributed by atoms with Gasteiger partial charge in [0.1, 0.15) is 0 Å². The molecule has 2 amide bonds. The van der Waals surface area contributed by atoms with E-state index in [2.05, 4.69) is 24.2 Å². The number of nitrogens with one attached hydrogen (secondary N) is 1. The first-order chi connectivity index (χ1) is 7.08. The van der Waals surface area contributed by atoms with Crippen molar-refractivity contribution in [2.24, 2.45) is 11.8 Å². The molecular weight excluding hydrogens is 192 g/mol. The molecule has 0 aromatic carbocycles.